The Bertz CT molecular complexity index is 409. The van der Waals surface area contributed by atoms with Crippen LogP contribution in [0.3, 0.4) is 0 Å². The molecule has 0 amide bonds. The average Bonchev–Trinajstić information content (AvgIpc) is 2.37. The van der Waals surface area contributed by atoms with Crippen LogP contribution in [-0.4, -0.2) is 31.1 Å². The molecule has 2 nitrogen and oxygen atoms in total. The molecule has 0 saturated heterocycles. The lowest BCUT2D eigenvalue weighted by Crippen LogP contribution is -2.28. The van der Waals surface area contributed by atoms with Crippen molar-refractivity contribution in [2.24, 2.45) is 0 Å². The number of hydrogen-bond donors (Lipinski definition) is 1. The largest absolute Gasteiger partial charge is 0.310 e. The van der Waals surface area contributed by atoms with E-state index in [1.54, 1.807) is 0 Å². The van der Waals surface area contributed by atoms with E-state index in [2.05, 4.69) is 47.0 Å². The van der Waals surface area contributed by atoms with Crippen LogP contribution in [0.5, 0.6) is 0 Å². The molecule has 0 heterocycles. The van der Waals surface area contributed by atoms with E-state index in [-0.39, 0.29) is 11.9 Å². The second kappa shape index (κ2) is 8.75. The highest BCUT2D eigenvalue weighted by atomic mass is 79.9. The van der Waals surface area contributed by atoms with Crippen LogP contribution < -0.4 is 5.32 Å². The van der Waals surface area contributed by atoms with Gasteiger partial charge in [0, 0.05) is 22.1 Å². The number of halogens is 2. The molecule has 1 atom stereocenters. The number of nitrogens with one attached hydrogen (secondary N) is 1. The van der Waals surface area contributed by atoms with E-state index >= 15 is 0 Å². The summed E-state index contributed by atoms with van der Waals surface area (Å²) in [5.41, 5.74) is 0.729. The van der Waals surface area contributed by atoms with E-state index in [1.807, 2.05) is 19.1 Å². The second-order valence-corrected chi connectivity index (χ2v) is 6.54. The molecule has 1 aromatic rings. The lowest BCUT2D eigenvalue weighted by Gasteiger charge is -2.21. The Morgan fingerprint density at radius 2 is 1.95 bits per heavy atom. The first-order valence-electron chi connectivity index (χ1n) is 7.30. The van der Waals surface area contributed by atoms with Crippen molar-refractivity contribution < 1.29 is 4.39 Å². The summed E-state index contributed by atoms with van der Waals surface area (Å²) in [6.45, 7) is 8.45. The average molecular weight is 345 g/mol. The van der Waals surface area contributed by atoms with Crippen LogP contribution in [-0.2, 0) is 0 Å². The zero-order valence-corrected chi connectivity index (χ0v) is 14.5. The van der Waals surface area contributed by atoms with Crippen molar-refractivity contribution in [2.75, 3.05) is 20.1 Å². The molecule has 20 heavy (non-hydrogen) atoms. The Hall–Kier alpha value is -0.450. The number of benzene rings is 1. The van der Waals surface area contributed by atoms with Gasteiger partial charge in [0.2, 0.25) is 0 Å². The topological polar surface area (TPSA) is 15.3 Å². The summed E-state index contributed by atoms with van der Waals surface area (Å²) in [6, 6.07) is 5.88. The lowest BCUT2D eigenvalue weighted by molar-refractivity contribution is 0.267. The molecule has 0 aromatic heterocycles. The highest BCUT2D eigenvalue weighted by Crippen LogP contribution is 2.20. The third-order valence-electron chi connectivity index (χ3n) is 3.70. The first-order chi connectivity index (χ1) is 9.41. The molecule has 4 heteroatoms. The maximum Gasteiger partial charge on any atom is 0.129 e. The number of unbranched alkanes of at least 4 members (excludes halogenated alkanes) is 1. The van der Waals surface area contributed by atoms with E-state index in [4.69, 9.17) is 0 Å². The molecule has 0 fully saturated rings. The van der Waals surface area contributed by atoms with Crippen LogP contribution in [0.15, 0.2) is 22.7 Å². The zero-order valence-electron chi connectivity index (χ0n) is 12.9. The Labute approximate surface area is 130 Å². The summed E-state index contributed by atoms with van der Waals surface area (Å²) in [4.78, 5) is 2.35. The van der Waals surface area contributed by atoms with Gasteiger partial charge in [-0.15, -0.1) is 0 Å². The molecule has 1 N–H and O–H groups in total. The van der Waals surface area contributed by atoms with Gasteiger partial charge in [0.1, 0.15) is 5.82 Å². The first kappa shape index (κ1) is 17.6. The van der Waals surface area contributed by atoms with Crippen molar-refractivity contribution in [1.82, 2.24) is 10.2 Å². The maximum atomic E-state index is 13.8. The van der Waals surface area contributed by atoms with E-state index in [1.165, 1.54) is 6.07 Å². The standard InChI is InChI=1S/C16H26BrFN2/c1-12(2)20(4)10-6-5-9-19-13(3)15-8-7-14(17)11-16(15)18/h7-8,11-13,19H,5-6,9-10H2,1-4H3. The summed E-state index contributed by atoms with van der Waals surface area (Å²) in [5, 5.41) is 3.39. The zero-order chi connectivity index (χ0) is 15.1. The summed E-state index contributed by atoms with van der Waals surface area (Å²) in [5.74, 6) is -0.154. The van der Waals surface area contributed by atoms with Gasteiger partial charge in [0.25, 0.3) is 0 Å². The Morgan fingerprint density at radius 3 is 2.55 bits per heavy atom. The third kappa shape index (κ3) is 5.90. The molecule has 1 aromatic carbocycles. The summed E-state index contributed by atoms with van der Waals surface area (Å²) in [7, 11) is 2.15. The van der Waals surface area contributed by atoms with Gasteiger partial charge >= 0.3 is 0 Å². The fourth-order valence-electron chi connectivity index (χ4n) is 2.03. The second-order valence-electron chi connectivity index (χ2n) is 5.62. The maximum absolute atomic E-state index is 13.8. The fourth-order valence-corrected chi connectivity index (χ4v) is 2.36. The highest BCUT2D eigenvalue weighted by molar-refractivity contribution is 9.10. The smallest absolute Gasteiger partial charge is 0.129 e. The molecular formula is C16H26BrFN2. The molecule has 0 bridgehead atoms. The summed E-state index contributed by atoms with van der Waals surface area (Å²) in [6.07, 6.45) is 2.27. The molecule has 0 aliphatic rings. The molecule has 0 saturated carbocycles. The van der Waals surface area contributed by atoms with Crippen molar-refractivity contribution in [1.29, 1.82) is 0 Å². The van der Waals surface area contributed by atoms with Crippen LogP contribution >= 0.6 is 15.9 Å². The molecule has 0 spiro atoms. The van der Waals surface area contributed by atoms with Crippen molar-refractivity contribution in [3.8, 4) is 0 Å². The Morgan fingerprint density at radius 1 is 1.25 bits per heavy atom. The first-order valence-corrected chi connectivity index (χ1v) is 8.09. The van der Waals surface area contributed by atoms with Gasteiger partial charge in [-0.2, -0.15) is 0 Å². The van der Waals surface area contributed by atoms with Gasteiger partial charge in [0.05, 0.1) is 0 Å². The van der Waals surface area contributed by atoms with E-state index in [9.17, 15) is 4.39 Å². The van der Waals surface area contributed by atoms with Gasteiger partial charge in [-0.3, -0.25) is 0 Å². The molecule has 114 valence electrons. The SMILES string of the molecule is CC(NCCCCN(C)C(C)C)c1ccc(Br)cc1F. The molecule has 1 unspecified atom stereocenters. The summed E-state index contributed by atoms with van der Waals surface area (Å²) >= 11 is 3.28. The van der Waals surface area contributed by atoms with Crippen LogP contribution in [0.4, 0.5) is 4.39 Å². The quantitative estimate of drug-likeness (QED) is 0.705. The van der Waals surface area contributed by atoms with Crippen LogP contribution in [0.1, 0.15) is 45.2 Å². The van der Waals surface area contributed by atoms with E-state index in [0.717, 1.165) is 36.0 Å². The summed E-state index contributed by atoms with van der Waals surface area (Å²) < 4.78 is 14.6. The van der Waals surface area contributed by atoms with Crippen molar-refractivity contribution in [2.45, 2.75) is 45.7 Å². The van der Waals surface area contributed by atoms with E-state index < -0.39 is 0 Å². The van der Waals surface area contributed by atoms with Crippen molar-refractivity contribution >= 4 is 15.9 Å². The molecule has 0 radical (unpaired) electrons. The normalized spacial score (nSPS) is 13.2. The Balaban J connectivity index is 2.28. The Kier molecular flexibility index (Phi) is 7.70. The van der Waals surface area contributed by atoms with Crippen LogP contribution in [0.25, 0.3) is 0 Å². The lowest BCUT2D eigenvalue weighted by atomic mass is 10.1. The number of rotatable bonds is 8. The van der Waals surface area contributed by atoms with Gasteiger partial charge < -0.3 is 10.2 Å². The van der Waals surface area contributed by atoms with Gasteiger partial charge in [-0.05, 0) is 65.9 Å². The predicted molar refractivity (Wildman–Crippen MR) is 87.5 cm³/mol. The monoisotopic (exact) mass is 344 g/mol. The minimum atomic E-state index is -0.154. The molecular weight excluding hydrogens is 319 g/mol. The predicted octanol–water partition coefficient (Wildman–Crippen LogP) is 4.36. The van der Waals surface area contributed by atoms with Crippen molar-refractivity contribution in [3.63, 3.8) is 0 Å². The molecule has 0 aliphatic carbocycles. The van der Waals surface area contributed by atoms with Crippen LogP contribution in [0, 0.1) is 5.82 Å². The van der Waals surface area contributed by atoms with Gasteiger partial charge in [-0.1, -0.05) is 22.0 Å². The van der Waals surface area contributed by atoms with E-state index in [0.29, 0.717) is 6.04 Å². The minimum Gasteiger partial charge on any atom is -0.310 e. The number of nitrogens with zero attached hydrogens (tertiary/aromatic N) is 1. The van der Waals surface area contributed by atoms with Gasteiger partial charge in [-0.25, -0.2) is 4.39 Å². The molecule has 0 aliphatic heterocycles. The fraction of sp³-hybridized carbons (Fsp3) is 0.625. The molecule has 1 rings (SSSR count). The number of hydrogen-bond acceptors (Lipinski definition) is 2. The highest BCUT2D eigenvalue weighted by Gasteiger charge is 2.10. The van der Waals surface area contributed by atoms with Gasteiger partial charge in [0.15, 0.2) is 0 Å². The van der Waals surface area contributed by atoms with Crippen molar-refractivity contribution in [3.05, 3.63) is 34.1 Å². The third-order valence-corrected chi connectivity index (χ3v) is 4.19. The van der Waals surface area contributed by atoms with Crippen LogP contribution in [0.2, 0.25) is 0 Å². The minimum absolute atomic E-state index is 0.0472.